The SMILES string of the molecule is CCNC(=O)NC(=O)[C@H](Sc1ncnc2sc(C)c(C)c12)c1ccccc1. The number of nitrogens with zero attached hydrogens (tertiary/aromatic N) is 2. The maximum absolute atomic E-state index is 12.8. The Labute approximate surface area is 165 Å². The first kappa shape index (κ1) is 19.3. The number of aromatic nitrogens is 2. The van der Waals surface area contributed by atoms with Crippen LogP contribution in [0.25, 0.3) is 10.2 Å². The average Bonchev–Trinajstić information content (AvgIpc) is 2.95. The van der Waals surface area contributed by atoms with Gasteiger partial charge in [0.1, 0.15) is 21.4 Å². The van der Waals surface area contributed by atoms with Gasteiger partial charge in [-0.25, -0.2) is 14.8 Å². The van der Waals surface area contributed by atoms with Crippen molar-refractivity contribution >= 4 is 45.3 Å². The van der Waals surface area contributed by atoms with Gasteiger partial charge in [-0.1, -0.05) is 42.1 Å². The maximum Gasteiger partial charge on any atom is 0.321 e. The third-order valence-corrected chi connectivity index (χ3v) is 6.44. The molecule has 2 heterocycles. The van der Waals surface area contributed by atoms with Crippen molar-refractivity contribution in [2.24, 2.45) is 0 Å². The van der Waals surface area contributed by atoms with Crippen LogP contribution < -0.4 is 10.6 Å². The van der Waals surface area contributed by atoms with Crippen molar-refractivity contribution in [3.05, 3.63) is 52.7 Å². The van der Waals surface area contributed by atoms with E-state index in [1.807, 2.05) is 44.2 Å². The summed E-state index contributed by atoms with van der Waals surface area (Å²) in [6, 6.07) is 8.88. The van der Waals surface area contributed by atoms with E-state index in [9.17, 15) is 9.59 Å². The summed E-state index contributed by atoms with van der Waals surface area (Å²) in [4.78, 5) is 35.5. The molecule has 0 fully saturated rings. The molecule has 3 rings (SSSR count). The van der Waals surface area contributed by atoms with E-state index in [0.717, 1.165) is 26.4 Å². The first-order valence-electron chi connectivity index (χ1n) is 8.52. The zero-order chi connectivity index (χ0) is 19.4. The molecule has 2 aromatic heterocycles. The van der Waals surface area contributed by atoms with Crippen LogP contribution in [0.2, 0.25) is 0 Å². The number of carbonyl (C=O) groups excluding carboxylic acids is 2. The number of thiophene rings is 1. The minimum Gasteiger partial charge on any atom is -0.338 e. The van der Waals surface area contributed by atoms with E-state index >= 15 is 0 Å². The summed E-state index contributed by atoms with van der Waals surface area (Å²) in [6.45, 7) is 6.33. The summed E-state index contributed by atoms with van der Waals surface area (Å²) >= 11 is 2.94. The number of aryl methyl sites for hydroxylation is 2. The number of urea groups is 1. The van der Waals surface area contributed by atoms with Crippen LogP contribution in [0, 0.1) is 13.8 Å². The molecule has 2 N–H and O–H groups in total. The fourth-order valence-corrected chi connectivity index (χ4v) is 4.85. The Balaban J connectivity index is 1.97. The van der Waals surface area contributed by atoms with Gasteiger partial charge < -0.3 is 5.32 Å². The van der Waals surface area contributed by atoms with Gasteiger partial charge in [-0.3, -0.25) is 10.1 Å². The molecule has 3 amide bonds. The molecule has 0 aliphatic rings. The van der Waals surface area contributed by atoms with Crippen molar-refractivity contribution in [1.82, 2.24) is 20.6 Å². The van der Waals surface area contributed by atoms with Crippen molar-refractivity contribution in [3.63, 3.8) is 0 Å². The molecule has 140 valence electrons. The quantitative estimate of drug-likeness (QED) is 0.500. The predicted molar refractivity (Wildman–Crippen MR) is 109 cm³/mol. The highest BCUT2D eigenvalue weighted by atomic mass is 32.2. The molecule has 1 atom stereocenters. The third-order valence-electron chi connectivity index (χ3n) is 4.07. The summed E-state index contributed by atoms with van der Waals surface area (Å²) in [5, 5.41) is 6.10. The van der Waals surface area contributed by atoms with Crippen molar-refractivity contribution < 1.29 is 9.59 Å². The van der Waals surface area contributed by atoms with E-state index in [4.69, 9.17) is 0 Å². The highest BCUT2D eigenvalue weighted by molar-refractivity contribution is 8.00. The molecule has 0 saturated carbocycles. The van der Waals surface area contributed by atoms with Gasteiger partial charge >= 0.3 is 6.03 Å². The molecule has 0 saturated heterocycles. The zero-order valence-corrected chi connectivity index (χ0v) is 16.9. The first-order valence-corrected chi connectivity index (χ1v) is 10.2. The Morgan fingerprint density at radius 1 is 1.19 bits per heavy atom. The average molecular weight is 401 g/mol. The number of carbonyl (C=O) groups is 2. The zero-order valence-electron chi connectivity index (χ0n) is 15.3. The number of hydrogen-bond acceptors (Lipinski definition) is 6. The third kappa shape index (κ3) is 4.28. The minimum absolute atomic E-state index is 0.381. The first-order chi connectivity index (χ1) is 13.0. The van der Waals surface area contributed by atoms with Crippen molar-refractivity contribution in [3.8, 4) is 0 Å². The van der Waals surface area contributed by atoms with Crippen LogP contribution in [0.1, 0.15) is 28.2 Å². The Bertz CT molecular complexity index is 973. The molecule has 0 spiro atoms. The summed E-state index contributed by atoms with van der Waals surface area (Å²) in [5.41, 5.74) is 1.93. The lowest BCUT2D eigenvalue weighted by Gasteiger charge is -2.16. The Morgan fingerprint density at radius 2 is 1.93 bits per heavy atom. The summed E-state index contributed by atoms with van der Waals surface area (Å²) < 4.78 is 0. The molecule has 0 aliphatic carbocycles. The smallest absolute Gasteiger partial charge is 0.321 e. The van der Waals surface area contributed by atoms with Crippen LogP contribution >= 0.6 is 23.1 Å². The highest BCUT2D eigenvalue weighted by Crippen LogP contribution is 2.40. The standard InChI is InChI=1S/C19H20N4O2S2/c1-4-20-19(25)23-16(24)15(13-8-6-5-7-9-13)27-18-14-11(2)12(3)26-17(14)21-10-22-18/h5-10,15H,4H2,1-3H3,(H2,20,23,24,25)/t15-/m1/s1. The van der Waals surface area contributed by atoms with E-state index in [2.05, 4.69) is 20.6 Å². The van der Waals surface area contributed by atoms with Gasteiger partial charge in [0, 0.05) is 16.8 Å². The van der Waals surface area contributed by atoms with Crippen LogP contribution in [-0.2, 0) is 4.79 Å². The number of rotatable bonds is 5. The van der Waals surface area contributed by atoms with Crippen LogP contribution in [0.5, 0.6) is 0 Å². The second kappa shape index (κ2) is 8.49. The van der Waals surface area contributed by atoms with Crippen molar-refractivity contribution in [1.29, 1.82) is 0 Å². The van der Waals surface area contributed by atoms with Gasteiger partial charge in [0.25, 0.3) is 0 Å². The maximum atomic E-state index is 12.8. The van der Waals surface area contributed by atoms with Crippen molar-refractivity contribution in [2.45, 2.75) is 31.0 Å². The molecule has 6 nitrogen and oxygen atoms in total. The molecular formula is C19H20N4O2S2. The topological polar surface area (TPSA) is 84.0 Å². The summed E-state index contributed by atoms with van der Waals surface area (Å²) in [7, 11) is 0. The van der Waals surface area contributed by atoms with Gasteiger partial charge in [-0.05, 0) is 31.9 Å². The lowest BCUT2D eigenvalue weighted by Crippen LogP contribution is -2.41. The monoisotopic (exact) mass is 400 g/mol. The van der Waals surface area contributed by atoms with Crippen molar-refractivity contribution in [2.75, 3.05) is 6.54 Å². The predicted octanol–water partition coefficient (Wildman–Crippen LogP) is 3.99. The number of imide groups is 1. The Hall–Kier alpha value is -2.45. The molecule has 27 heavy (non-hydrogen) atoms. The molecule has 8 heteroatoms. The lowest BCUT2D eigenvalue weighted by atomic mass is 10.1. The second-order valence-corrected chi connectivity index (χ2v) is 8.20. The van der Waals surface area contributed by atoms with Gasteiger partial charge in [-0.2, -0.15) is 0 Å². The molecule has 1 aromatic carbocycles. The molecule has 0 bridgehead atoms. The fourth-order valence-electron chi connectivity index (χ4n) is 2.63. The largest absolute Gasteiger partial charge is 0.338 e. The van der Waals surface area contributed by atoms with Crippen LogP contribution in [-0.4, -0.2) is 28.5 Å². The van der Waals surface area contributed by atoms with Crippen LogP contribution in [0.15, 0.2) is 41.7 Å². The number of thioether (sulfide) groups is 1. The van der Waals surface area contributed by atoms with Gasteiger partial charge in [0.05, 0.1) is 0 Å². The Morgan fingerprint density at radius 3 is 2.63 bits per heavy atom. The normalized spacial score (nSPS) is 12.0. The van der Waals surface area contributed by atoms with E-state index in [1.54, 1.807) is 18.3 Å². The van der Waals surface area contributed by atoms with Crippen LogP contribution in [0.4, 0.5) is 4.79 Å². The minimum atomic E-state index is -0.605. The molecular weight excluding hydrogens is 380 g/mol. The fraction of sp³-hybridized carbons (Fsp3) is 0.263. The molecule has 0 unspecified atom stereocenters. The Kier molecular flexibility index (Phi) is 6.08. The lowest BCUT2D eigenvalue weighted by molar-refractivity contribution is -0.119. The molecule has 0 radical (unpaired) electrons. The highest BCUT2D eigenvalue weighted by Gasteiger charge is 2.26. The summed E-state index contributed by atoms with van der Waals surface area (Å²) in [6.07, 6.45) is 1.52. The van der Waals surface area contributed by atoms with Crippen LogP contribution in [0.3, 0.4) is 0 Å². The van der Waals surface area contributed by atoms with E-state index < -0.39 is 11.3 Å². The van der Waals surface area contributed by atoms with E-state index in [0.29, 0.717) is 6.54 Å². The second-order valence-electron chi connectivity index (χ2n) is 5.90. The number of nitrogens with one attached hydrogen (secondary N) is 2. The number of hydrogen-bond donors (Lipinski definition) is 2. The molecule has 3 aromatic rings. The van der Waals surface area contributed by atoms with Gasteiger partial charge in [0.15, 0.2) is 0 Å². The number of benzene rings is 1. The van der Waals surface area contributed by atoms with Gasteiger partial charge in [-0.15, -0.1) is 11.3 Å². The van der Waals surface area contributed by atoms with E-state index in [-0.39, 0.29) is 5.91 Å². The number of amides is 3. The van der Waals surface area contributed by atoms with E-state index in [1.165, 1.54) is 23.0 Å². The van der Waals surface area contributed by atoms with Gasteiger partial charge in [0.2, 0.25) is 5.91 Å². The summed E-state index contributed by atoms with van der Waals surface area (Å²) in [5.74, 6) is -0.381. The molecule has 0 aliphatic heterocycles. The number of fused-ring (bicyclic) bond motifs is 1.